The predicted molar refractivity (Wildman–Crippen MR) is 35.3 cm³/mol. The fourth-order valence-electron chi connectivity index (χ4n) is 1.49. The van der Waals surface area contributed by atoms with E-state index in [9.17, 15) is 0 Å². The molecule has 0 radical (unpaired) electrons. The number of hydrogen-bond acceptors (Lipinski definition) is 0. The molecule has 0 aromatic heterocycles. The molecule has 7 heavy (non-hydrogen) atoms. The highest BCUT2D eigenvalue weighted by Gasteiger charge is 2.15. The van der Waals surface area contributed by atoms with Crippen LogP contribution in [0.2, 0.25) is 5.82 Å². The maximum absolute atomic E-state index is 2.35. The average molecular weight is 96.0 g/mol. The molecule has 2 unspecified atom stereocenters. The van der Waals surface area contributed by atoms with Gasteiger partial charge in [-0.3, -0.25) is 0 Å². The summed E-state index contributed by atoms with van der Waals surface area (Å²) < 4.78 is 0. The first kappa shape index (κ1) is 5.21. The molecule has 1 aliphatic rings. The Morgan fingerprint density at radius 1 is 1.43 bits per heavy atom. The van der Waals surface area contributed by atoms with Crippen molar-refractivity contribution in [3.05, 3.63) is 0 Å². The van der Waals surface area contributed by atoms with Crippen molar-refractivity contribution < 1.29 is 0 Å². The molecule has 0 spiro atoms. The average Bonchev–Trinajstić information content (AvgIpc) is 1.87. The lowest BCUT2D eigenvalue weighted by atomic mass is 9.86. The Bertz CT molecular complexity index is 53.2. The number of rotatable bonds is 0. The molecular formula is C6H13B. The summed E-state index contributed by atoms with van der Waals surface area (Å²) in [5, 5.41) is 0. The molecule has 0 bridgehead atoms. The lowest BCUT2D eigenvalue weighted by Crippen LogP contribution is -1.83. The first-order chi connectivity index (χ1) is 3.29. The van der Waals surface area contributed by atoms with E-state index >= 15 is 0 Å². The minimum Gasteiger partial charge on any atom is -0.0695 e. The highest BCUT2D eigenvalue weighted by atomic mass is 14.2. The van der Waals surface area contributed by atoms with Crippen LogP contribution in [0.25, 0.3) is 0 Å². The summed E-state index contributed by atoms with van der Waals surface area (Å²) in [4.78, 5) is 0. The molecule has 0 saturated heterocycles. The van der Waals surface area contributed by atoms with Gasteiger partial charge < -0.3 is 0 Å². The third-order valence-corrected chi connectivity index (χ3v) is 1.96. The van der Waals surface area contributed by atoms with Crippen molar-refractivity contribution in [2.45, 2.75) is 32.0 Å². The van der Waals surface area contributed by atoms with Crippen LogP contribution in [0.5, 0.6) is 0 Å². The molecular weight excluding hydrogens is 82.9 g/mol. The Balaban J connectivity index is 2.26. The lowest BCUT2D eigenvalue weighted by Gasteiger charge is -1.96. The van der Waals surface area contributed by atoms with Crippen molar-refractivity contribution in [3.8, 4) is 0 Å². The van der Waals surface area contributed by atoms with Crippen LogP contribution >= 0.6 is 0 Å². The topological polar surface area (TPSA) is 0 Å². The third-order valence-electron chi connectivity index (χ3n) is 1.96. The minimum absolute atomic E-state index is 1.02. The zero-order valence-corrected chi connectivity index (χ0v) is 5.28. The van der Waals surface area contributed by atoms with Crippen molar-refractivity contribution in [2.75, 3.05) is 0 Å². The summed E-state index contributed by atoms with van der Waals surface area (Å²) in [6, 6.07) is 0. The van der Waals surface area contributed by atoms with Crippen molar-refractivity contribution in [3.63, 3.8) is 0 Å². The van der Waals surface area contributed by atoms with E-state index in [0.29, 0.717) is 0 Å². The van der Waals surface area contributed by atoms with E-state index in [-0.39, 0.29) is 0 Å². The van der Waals surface area contributed by atoms with E-state index in [1.54, 1.807) is 0 Å². The molecule has 1 aliphatic carbocycles. The summed E-state index contributed by atoms with van der Waals surface area (Å²) >= 11 is 0. The normalized spacial score (nSPS) is 41.9. The van der Waals surface area contributed by atoms with Crippen molar-refractivity contribution in [1.82, 2.24) is 0 Å². The van der Waals surface area contributed by atoms with Crippen molar-refractivity contribution in [1.29, 1.82) is 0 Å². The van der Waals surface area contributed by atoms with Crippen LogP contribution in [-0.2, 0) is 0 Å². The Kier molecular flexibility index (Phi) is 1.41. The van der Waals surface area contributed by atoms with E-state index in [4.69, 9.17) is 0 Å². The van der Waals surface area contributed by atoms with Gasteiger partial charge in [0.1, 0.15) is 7.85 Å². The maximum Gasteiger partial charge on any atom is 0.105 e. The predicted octanol–water partition coefficient (Wildman–Crippen LogP) is 1.23. The van der Waals surface area contributed by atoms with Gasteiger partial charge in [-0.2, -0.15) is 0 Å². The van der Waals surface area contributed by atoms with Crippen LogP contribution in [0.1, 0.15) is 26.2 Å². The van der Waals surface area contributed by atoms with Gasteiger partial charge in [0.05, 0.1) is 0 Å². The van der Waals surface area contributed by atoms with Crippen LogP contribution in [0.4, 0.5) is 0 Å². The Morgan fingerprint density at radius 3 is 2.29 bits per heavy atom. The maximum atomic E-state index is 2.35. The molecule has 0 aliphatic heterocycles. The van der Waals surface area contributed by atoms with Crippen LogP contribution < -0.4 is 0 Å². The van der Waals surface area contributed by atoms with Gasteiger partial charge in [-0.05, 0) is 5.92 Å². The van der Waals surface area contributed by atoms with E-state index in [1.165, 1.54) is 19.3 Å². The van der Waals surface area contributed by atoms with Gasteiger partial charge in [-0.1, -0.05) is 32.0 Å². The monoisotopic (exact) mass is 96.1 g/mol. The second-order valence-electron chi connectivity index (χ2n) is 3.02. The smallest absolute Gasteiger partial charge is 0.0695 e. The summed E-state index contributed by atoms with van der Waals surface area (Å²) in [6.45, 7) is 2.35. The SMILES string of the molecule is BC1CCC(C)C1. The first-order valence-corrected chi connectivity index (χ1v) is 3.29. The summed E-state index contributed by atoms with van der Waals surface area (Å²) in [7, 11) is 2.35. The molecule has 0 aromatic rings. The van der Waals surface area contributed by atoms with Crippen molar-refractivity contribution in [2.24, 2.45) is 5.92 Å². The zero-order chi connectivity index (χ0) is 5.28. The fraction of sp³-hybridized carbons (Fsp3) is 1.00. The van der Waals surface area contributed by atoms with Gasteiger partial charge >= 0.3 is 0 Å². The minimum atomic E-state index is 1.02. The summed E-state index contributed by atoms with van der Waals surface area (Å²) in [5.41, 5.74) is 0. The van der Waals surface area contributed by atoms with Crippen LogP contribution in [-0.4, -0.2) is 7.85 Å². The fourth-order valence-corrected chi connectivity index (χ4v) is 1.49. The molecule has 1 fully saturated rings. The van der Waals surface area contributed by atoms with Crippen molar-refractivity contribution >= 4 is 7.85 Å². The molecule has 0 aromatic carbocycles. The first-order valence-electron chi connectivity index (χ1n) is 3.29. The molecule has 40 valence electrons. The summed E-state index contributed by atoms with van der Waals surface area (Å²) in [6.07, 6.45) is 4.42. The quantitative estimate of drug-likeness (QED) is 0.398. The summed E-state index contributed by atoms with van der Waals surface area (Å²) in [5.74, 6) is 2.05. The molecule has 1 saturated carbocycles. The van der Waals surface area contributed by atoms with Crippen LogP contribution in [0, 0.1) is 5.92 Å². The zero-order valence-electron chi connectivity index (χ0n) is 5.28. The molecule has 1 rings (SSSR count). The molecule has 2 atom stereocenters. The van der Waals surface area contributed by atoms with Gasteiger partial charge in [0.2, 0.25) is 0 Å². The molecule has 0 N–H and O–H groups in total. The molecule has 0 nitrogen and oxygen atoms in total. The van der Waals surface area contributed by atoms with Gasteiger partial charge in [0.25, 0.3) is 0 Å². The third kappa shape index (κ3) is 1.22. The van der Waals surface area contributed by atoms with E-state index in [2.05, 4.69) is 14.8 Å². The van der Waals surface area contributed by atoms with Gasteiger partial charge in [0, 0.05) is 0 Å². The standard InChI is InChI=1S/C6H13B/c1-5-2-3-6(7)4-5/h5-6H,2-4,7H2,1H3. The molecule has 0 amide bonds. The molecule has 0 heterocycles. The Labute approximate surface area is 46.7 Å². The second-order valence-corrected chi connectivity index (χ2v) is 3.02. The Morgan fingerprint density at radius 2 is 2.14 bits per heavy atom. The van der Waals surface area contributed by atoms with Crippen LogP contribution in [0.3, 0.4) is 0 Å². The highest BCUT2D eigenvalue weighted by molar-refractivity contribution is 6.11. The largest absolute Gasteiger partial charge is 0.105 e. The Hall–Kier alpha value is 0.0649. The van der Waals surface area contributed by atoms with Crippen LogP contribution in [0.15, 0.2) is 0 Å². The van der Waals surface area contributed by atoms with E-state index < -0.39 is 0 Å². The highest BCUT2D eigenvalue weighted by Crippen LogP contribution is 2.31. The lowest BCUT2D eigenvalue weighted by molar-refractivity contribution is 0.612. The second kappa shape index (κ2) is 1.89. The van der Waals surface area contributed by atoms with E-state index in [1.807, 2.05) is 0 Å². The van der Waals surface area contributed by atoms with Gasteiger partial charge in [0.15, 0.2) is 0 Å². The number of hydrogen-bond donors (Lipinski definition) is 0. The molecule has 1 heteroatoms. The van der Waals surface area contributed by atoms with E-state index in [0.717, 1.165) is 11.7 Å². The van der Waals surface area contributed by atoms with Gasteiger partial charge in [-0.15, -0.1) is 0 Å². The van der Waals surface area contributed by atoms with Gasteiger partial charge in [-0.25, -0.2) is 0 Å².